The van der Waals surface area contributed by atoms with Crippen LogP contribution in [0.25, 0.3) is 0 Å². The van der Waals surface area contributed by atoms with Crippen LogP contribution in [0.2, 0.25) is 10.0 Å². The number of carbonyl (C=O) groups is 2. The predicted molar refractivity (Wildman–Crippen MR) is 73.6 cm³/mol. The van der Waals surface area contributed by atoms with Gasteiger partial charge in [0.05, 0.1) is 10.7 Å². The minimum Gasteiger partial charge on any atom is -0.314 e. The van der Waals surface area contributed by atoms with Crippen molar-refractivity contribution < 1.29 is 9.59 Å². The molecule has 0 unspecified atom stereocenters. The Morgan fingerprint density at radius 3 is 2.63 bits per heavy atom. The van der Waals surface area contributed by atoms with Gasteiger partial charge in [0.2, 0.25) is 0 Å². The number of anilines is 1. The third-order valence-corrected chi connectivity index (χ3v) is 3.92. The zero-order valence-corrected chi connectivity index (χ0v) is 11.6. The summed E-state index contributed by atoms with van der Waals surface area (Å²) in [4.78, 5) is 27.0. The van der Waals surface area contributed by atoms with Gasteiger partial charge in [-0.1, -0.05) is 23.2 Å². The van der Waals surface area contributed by atoms with E-state index in [4.69, 9.17) is 23.2 Å². The molecule has 0 aromatic heterocycles. The standard InChI is InChI=1S/C13H12Cl2N2O2/c14-9-3-4-10(15)11(5-9)17-12(18)7-16(13(17)19)6-8-1-2-8/h3-5,8H,1-2,6-7H2. The second-order valence-corrected chi connectivity index (χ2v) is 5.77. The Labute approximate surface area is 120 Å². The van der Waals surface area contributed by atoms with Crippen LogP contribution in [0.3, 0.4) is 0 Å². The highest BCUT2D eigenvalue weighted by Crippen LogP contribution is 2.34. The fourth-order valence-electron chi connectivity index (χ4n) is 2.20. The smallest absolute Gasteiger partial charge is 0.314 e. The van der Waals surface area contributed by atoms with Crippen LogP contribution in [-0.2, 0) is 4.79 Å². The second kappa shape index (κ2) is 4.69. The number of amides is 3. The molecule has 19 heavy (non-hydrogen) atoms. The topological polar surface area (TPSA) is 40.6 Å². The van der Waals surface area contributed by atoms with Crippen molar-refractivity contribution in [3.05, 3.63) is 28.2 Å². The van der Waals surface area contributed by atoms with Crippen molar-refractivity contribution in [3.63, 3.8) is 0 Å². The first-order chi connectivity index (χ1) is 9.06. The molecule has 4 nitrogen and oxygen atoms in total. The number of halogens is 2. The molecule has 0 bridgehead atoms. The monoisotopic (exact) mass is 298 g/mol. The van der Waals surface area contributed by atoms with E-state index in [1.165, 1.54) is 0 Å². The van der Waals surface area contributed by atoms with Gasteiger partial charge in [0, 0.05) is 11.6 Å². The van der Waals surface area contributed by atoms with Crippen molar-refractivity contribution in [2.75, 3.05) is 18.0 Å². The van der Waals surface area contributed by atoms with E-state index in [0.29, 0.717) is 28.2 Å². The highest BCUT2D eigenvalue weighted by atomic mass is 35.5. The molecule has 2 fully saturated rings. The van der Waals surface area contributed by atoms with Crippen LogP contribution in [0.1, 0.15) is 12.8 Å². The fourth-order valence-corrected chi connectivity index (χ4v) is 2.57. The van der Waals surface area contributed by atoms with Gasteiger partial charge in [0.1, 0.15) is 6.54 Å². The first kappa shape index (κ1) is 12.8. The van der Waals surface area contributed by atoms with E-state index < -0.39 is 0 Å². The molecule has 0 radical (unpaired) electrons. The van der Waals surface area contributed by atoms with E-state index in [-0.39, 0.29) is 18.5 Å². The maximum Gasteiger partial charge on any atom is 0.331 e. The number of nitrogens with zero attached hydrogens (tertiary/aromatic N) is 2. The zero-order chi connectivity index (χ0) is 13.6. The second-order valence-electron chi connectivity index (χ2n) is 4.93. The Bertz CT molecular complexity index is 558. The summed E-state index contributed by atoms with van der Waals surface area (Å²) in [5, 5.41) is 0.792. The summed E-state index contributed by atoms with van der Waals surface area (Å²) >= 11 is 11.9. The molecule has 100 valence electrons. The number of benzene rings is 1. The van der Waals surface area contributed by atoms with E-state index in [2.05, 4.69) is 0 Å². The number of hydrogen-bond acceptors (Lipinski definition) is 2. The van der Waals surface area contributed by atoms with Crippen LogP contribution in [0.4, 0.5) is 10.5 Å². The number of hydrogen-bond donors (Lipinski definition) is 0. The van der Waals surface area contributed by atoms with Crippen LogP contribution in [-0.4, -0.2) is 29.9 Å². The lowest BCUT2D eigenvalue weighted by Crippen LogP contribution is -2.34. The van der Waals surface area contributed by atoms with Crippen molar-refractivity contribution in [2.45, 2.75) is 12.8 Å². The maximum atomic E-state index is 12.3. The highest BCUT2D eigenvalue weighted by molar-refractivity contribution is 6.37. The average molecular weight is 299 g/mol. The van der Waals surface area contributed by atoms with Crippen molar-refractivity contribution in [1.29, 1.82) is 0 Å². The number of rotatable bonds is 3. The van der Waals surface area contributed by atoms with E-state index in [1.54, 1.807) is 23.1 Å². The predicted octanol–water partition coefficient (Wildman–Crippen LogP) is 3.17. The highest BCUT2D eigenvalue weighted by Gasteiger charge is 2.40. The normalized spacial score (nSPS) is 19.5. The Hall–Kier alpha value is -1.26. The van der Waals surface area contributed by atoms with Gasteiger partial charge in [0.15, 0.2) is 0 Å². The minimum absolute atomic E-state index is 0.123. The molecule has 1 aliphatic carbocycles. The van der Waals surface area contributed by atoms with E-state index in [0.717, 1.165) is 17.7 Å². The summed E-state index contributed by atoms with van der Waals surface area (Å²) in [5.41, 5.74) is 0.363. The van der Waals surface area contributed by atoms with Gasteiger partial charge in [-0.25, -0.2) is 9.69 Å². The first-order valence-corrected chi connectivity index (χ1v) is 6.89. The average Bonchev–Trinajstić information content (AvgIpc) is 3.12. The molecule has 6 heteroatoms. The van der Waals surface area contributed by atoms with Crippen molar-refractivity contribution in [3.8, 4) is 0 Å². The summed E-state index contributed by atoms with van der Waals surface area (Å²) in [6.07, 6.45) is 2.27. The van der Waals surface area contributed by atoms with Gasteiger partial charge in [0.25, 0.3) is 5.91 Å². The van der Waals surface area contributed by atoms with Crippen LogP contribution in [0.15, 0.2) is 18.2 Å². The van der Waals surface area contributed by atoms with Crippen molar-refractivity contribution in [1.82, 2.24) is 4.90 Å². The molecule has 3 rings (SSSR count). The van der Waals surface area contributed by atoms with Crippen LogP contribution >= 0.6 is 23.2 Å². The van der Waals surface area contributed by atoms with Gasteiger partial charge >= 0.3 is 6.03 Å². The molecular weight excluding hydrogens is 287 g/mol. The van der Waals surface area contributed by atoms with Gasteiger partial charge in [-0.3, -0.25) is 4.79 Å². The molecule has 0 spiro atoms. The Morgan fingerprint density at radius 2 is 1.95 bits per heavy atom. The Kier molecular flexibility index (Phi) is 3.15. The molecule has 1 saturated heterocycles. The molecule has 1 aromatic rings. The van der Waals surface area contributed by atoms with E-state index in [9.17, 15) is 9.59 Å². The molecule has 1 aromatic carbocycles. The lowest BCUT2D eigenvalue weighted by atomic mass is 10.3. The third kappa shape index (κ3) is 2.42. The van der Waals surface area contributed by atoms with Gasteiger partial charge in [-0.2, -0.15) is 0 Å². The summed E-state index contributed by atoms with van der Waals surface area (Å²) < 4.78 is 0. The van der Waals surface area contributed by atoms with Gasteiger partial charge in [-0.15, -0.1) is 0 Å². The van der Waals surface area contributed by atoms with Crippen molar-refractivity contribution >= 4 is 40.8 Å². The first-order valence-electron chi connectivity index (χ1n) is 6.13. The van der Waals surface area contributed by atoms with Crippen LogP contribution < -0.4 is 4.90 Å². The molecule has 1 aliphatic heterocycles. The zero-order valence-electron chi connectivity index (χ0n) is 10.1. The molecule has 1 saturated carbocycles. The van der Waals surface area contributed by atoms with Crippen molar-refractivity contribution in [2.24, 2.45) is 5.92 Å². The van der Waals surface area contributed by atoms with Gasteiger partial charge < -0.3 is 4.90 Å². The summed E-state index contributed by atoms with van der Waals surface area (Å²) in [6.45, 7) is 0.775. The van der Waals surface area contributed by atoms with Crippen LogP contribution in [0.5, 0.6) is 0 Å². The van der Waals surface area contributed by atoms with E-state index in [1.807, 2.05) is 0 Å². The summed E-state index contributed by atoms with van der Waals surface area (Å²) in [7, 11) is 0. The Balaban J connectivity index is 1.89. The number of imide groups is 1. The molecular formula is C13H12Cl2N2O2. The summed E-state index contributed by atoms with van der Waals surface area (Å²) in [6, 6.07) is 4.45. The molecule has 2 aliphatic rings. The number of carbonyl (C=O) groups excluding carboxylic acids is 2. The molecule has 3 amide bonds. The summed E-state index contributed by atoms with van der Waals surface area (Å²) in [5.74, 6) is 0.293. The number of urea groups is 1. The maximum absolute atomic E-state index is 12.3. The van der Waals surface area contributed by atoms with Crippen LogP contribution in [0, 0.1) is 5.92 Å². The quantitative estimate of drug-likeness (QED) is 0.804. The van der Waals surface area contributed by atoms with Gasteiger partial charge in [-0.05, 0) is 37.0 Å². The lowest BCUT2D eigenvalue weighted by Gasteiger charge is -2.18. The molecule has 1 heterocycles. The molecule has 0 N–H and O–H groups in total. The largest absolute Gasteiger partial charge is 0.331 e. The third-order valence-electron chi connectivity index (χ3n) is 3.36. The lowest BCUT2D eigenvalue weighted by molar-refractivity contribution is -0.116. The van der Waals surface area contributed by atoms with E-state index >= 15 is 0 Å². The minimum atomic E-state index is -0.305. The molecule has 0 atom stereocenters. The fraction of sp³-hybridized carbons (Fsp3) is 0.385. The Morgan fingerprint density at radius 1 is 1.21 bits per heavy atom. The SMILES string of the molecule is O=C1CN(CC2CC2)C(=O)N1c1cc(Cl)ccc1Cl.